The number of fused-ring (bicyclic) bond motifs is 1. The normalized spacial score (nSPS) is 19.8. The smallest absolute Gasteiger partial charge is 0.303 e. The Bertz CT molecular complexity index is 1150. The second-order valence-corrected chi connectivity index (χ2v) is 9.35. The standard InChI is InChI=1S/C29H29NO3/c31-28(32)18-20-6-8-21(9-7-20)22-10-12-23(13-11-22)25-14-15-27-26(19-25)16-17-30(27)29(33)24-4-2-1-3-5-24/h1-5,10-15,19-21H,6-9,16-18H2,(H,31,32). The number of aliphatic carboxylic acids is 1. The largest absolute Gasteiger partial charge is 0.481 e. The number of amides is 1. The fraction of sp³-hybridized carbons (Fsp3) is 0.310. The van der Waals surface area contributed by atoms with Gasteiger partial charge in [0, 0.05) is 24.2 Å². The first kappa shape index (κ1) is 21.4. The molecular formula is C29H29NO3. The highest BCUT2D eigenvalue weighted by atomic mass is 16.4. The first-order valence-electron chi connectivity index (χ1n) is 11.9. The number of nitrogens with zero attached hydrogens (tertiary/aromatic N) is 1. The SMILES string of the molecule is O=C(O)CC1CCC(c2ccc(-c3ccc4c(c3)CCN4C(=O)c3ccccc3)cc2)CC1. The number of carbonyl (C=O) groups is 2. The van der Waals surface area contributed by atoms with Gasteiger partial charge in [-0.2, -0.15) is 0 Å². The van der Waals surface area contributed by atoms with Gasteiger partial charge < -0.3 is 10.0 Å². The summed E-state index contributed by atoms with van der Waals surface area (Å²) in [4.78, 5) is 25.8. The maximum atomic E-state index is 12.9. The number of hydrogen-bond donors (Lipinski definition) is 1. The van der Waals surface area contributed by atoms with Crippen molar-refractivity contribution in [3.8, 4) is 11.1 Å². The minimum atomic E-state index is -0.676. The lowest BCUT2D eigenvalue weighted by Crippen LogP contribution is -2.28. The molecule has 0 saturated heterocycles. The zero-order chi connectivity index (χ0) is 22.8. The van der Waals surface area contributed by atoms with E-state index in [0.717, 1.165) is 49.9 Å². The molecule has 0 radical (unpaired) electrons. The van der Waals surface area contributed by atoms with Crippen LogP contribution < -0.4 is 4.90 Å². The molecule has 1 saturated carbocycles. The maximum Gasteiger partial charge on any atom is 0.303 e. The molecular weight excluding hydrogens is 410 g/mol. The molecule has 168 valence electrons. The average molecular weight is 440 g/mol. The van der Waals surface area contributed by atoms with Crippen LogP contribution >= 0.6 is 0 Å². The van der Waals surface area contributed by atoms with Crippen molar-refractivity contribution in [1.29, 1.82) is 0 Å². The minimum Gasteiger partial charge on any atom is -0.481 e. The molecule has 1 aliphatic heterocycles. The molecule has 0 aromatic heterocycles. The van der Waals surface area contributed by atoms with E-state index in [0.29, 0.717) is 18.3 Å². The fourth-order valence-corrected chi connectivity index (χ4v) is 5.42. The van der Waals surface area contributed by atoms with Crippen LogP contribution in [-0.4, -0.2) is 23.5 Å². The van der Waals surface area contributed by atoms with Crippen molar-refractivity contribution < 1.29 is 14.7 Å². The molecule has 5 rings (SSSR count). The summed E-state index contributed by atoms with van der Waals surface area (Å²) < 4.78 is 0. The predicted octanol–water partition coefficient (Wildman–Crippen LogP) is 6.31. The number of hydrogen-bond acceptors (Lipinski definition) is 2. The van der Waals surface area contributed by atoms with Crippen molar-refractivity contribution in [2.45, 2.75) is 44.4 Å². The molecule has 4 heteroatoms. The highest BCUT2D eigenvalue weighted by molar-refractivity contribution is 6.07. The van der Waals surface area contributed by atoms with Crippen molar-refractivity contribution >= 4 is 17.6 Å². The Balaban J connectivity index is 1.27. The van der Waals surface area contributed by atoms with Crippen LogP contribution in [0.1, 0.15) is 59.5 Å². The van der Waals surface area contributed by atoms with Crippen molar-refractivity contribution in [2.24, 2.45) is 5.92 Å². The van der Waals surface area contributed by atoms with Gasteiger partial charge in [0.25, 0.3) is 5.91 Å². The molecule has 2 aliphatic rings. The molecule has 3 aromatic carbocycles. The Morgan fingerprint density at radius 2 is 1.55 bits per heavy atom. The van der Waals surface area contributed by atoms with Gasteiger partial charge in [-0.05, 0) is 90.5 Å². The van der Waals surface area contributed by atoms with Gasteiger partial charge in [-0.25, -0.2) is 0 Å². The van der Waals surface area contributed by atoms with Gasteiger partial charge in [-0.15, -0.1) is 0 Å². The van der Waals surface area contributed by atoms with Crippen LogP contribution in [0, 0.1) is 5.92 Å². The van der Waals surface area contributed by atoms with E-state index in [9.17, 15) is 9.59 Å². The van der Waals surface area contributed by atoms with Gasteiger partial charge in [-0.1, -0.05) is 48.5 Å². The number of anilines is 1. The first-order valence-corrected chi connectivity index (χ1v) is 11.9. The molecule has 1 heterocycles. The lowest BCUT2D eigenvalue weighted by Gasteiger charge is -2.28. The third kappa shape index (κ3) is 4.56. The number of carboxylic acid groups (broad SMARTS) is 1. The van der Waals surface area contributed by atoms with Gasteiger partial charge in [0.2, 0.25) is 0 Å². The Hall–Kier alpha value is -3.40. The van der Waals surface area contributed by atoms with E-state index in [1.54, 1.807) is 0 Å². The number of carboxylic acids is 1. The van der Waals surface area contributed by atoms with E-state index in [2.05, 4.69) is 42.5 Å². The number of carbonyl (C=O) groups excluding carboxylic acids is 1. The summed E-state index contributed by atoms with van der Waals surface area (Å²) in [6.45, 7) is 0.718. The van der Waals surface area contributed by atoms with Gasteiger partial charge in [0.15, 0.2) is 0 Å². The van der Waals surface area contributed by atoms with Crippen LogP contribution in [0.15, 0.2) is 72.8 Å². The quantitative estimate of drug-likeness (QED) is 0.507. The molecule has 0 atom stereocenters. The fourth-order valence-electron chi connectivity index (χ4n) is 5.42. The lowest BCUT2D eigenvalue weighted by molar-refractivity contribution is -0.138. The molecule has 1 amide bonds. The molecule has 1 aliphatic carbocycles. The Labute approximate surface area is 194 Å². The number of benzene rings is 3. The molecule has 33 heavy (non-hydrogen) atoms. The molecule has 0 unspecified atom stereocenters. The summed E-state index contributed by atoms with van der Waals surface area (Å²) in [7, 11) is 0. The Morgan fingerprint density at radius 3 is 2.24 bits per heavy atom. The predicted molar refractivity (Wildman–Crippen MR) is 131 cm³/mol. The lowest BCUT2D eigenvalue weighted by atomic mass is 9.77. The van der Waals surface area contributed by atoms with Crippen LogP contribution in [0.3, 0.4) is 0 Å². The Morgan fingerprint density at radius 1 is 0.848 bits per heavy atom. The van der Waals surface area contributed by atoms with E-state index < -0.39 is 5.97 Å². The van der Waals surface area contributed by atoms with Crippen molar-refractivity contribution in [1.82, 2.24) is 0 Å². The Kier molecular flexibility index (Phi) is 5.99. The van der Waals surface area contributed by atoms with Gasteiger partial charge in [0.05, 0.1) is 0 Å². The average Bonchev–Trinajstić information content (AvgIpc) is 3.28. The van der Waals surface area contributed by atoms with E-state index >= 15 is 0 Å². The third-order valence-corrected chi connectivity index (χ3v) is 7.27. The van der Waals surface area contributed by atoms with Crippen LogP contribution in [0.25, 0.3) is 11.1 Å². The summed E-state index contributed by atoms with van der Waals surface area (Å²) in [5.41, 5.74) is 6.68. The third-order valence-electron chi connectivity index (χ3n) is 7.27. The van der Waals surface area contributed by atoms with Gasteiger partial charge >= 0.3 is 5.97 Å². The molecule has 0 spiro atoms. The second-order valence-electron chi connectivity index (χ2n) is 9.35. The maximum absolute atomic E-state index is 12.9. The van der Waals surface area contributed by atoms with E-state index in [1.165, 1.54) is 22.3 Å². The summed E-state index contributed by atoms with van der Waals surface area (Å²) in [6.07, 6.45) is 5.32. The van der Waals surface area contributed by atoms with Crippen LogP contribution in [-0.2, 0) is 11.2 Å². The summed E-state index contributed by atoms with van der Waals surface area (Å²) in [5.74, 6) is 0.244. The van der Waals surface area contributed by atoms with Crippen LogP contribution in [0.2, 0.25) is 0 Å². The zero-order valence-electron chi connectivity index (χ0n) is 18.7. The van der Waals surface area contributed by atoms with Gasteiger partial charge in [-0.3, -0.25) is 9.59 Å². The highest BCUT2D eigenvalue weighted by Crippen LogP contribution is 2.38. The van der Waals surface area contributed by atoms with Crippen LogP contribution in [0.5, 0.6) is 0 Å². The van der Waals surface area contributed by atoms with E-state index in [4.69, 9.17) is 5.11 Å². The highest BCUT2D eigenvalue weighted by Gasteiger charge is 2.26. The molecule has 1 fully saturated rings. The first-order chi connectivity index (χ1) is 16.1. The molecule has 3 aromatic rings. The van der Waals surface area contributed by atoms with Crippen molar-refractivity contribution in [3.63, 3.8) is 0 Å². The monoisotopic (exact) mass is 439 g/mol. The zero-order valence-corrected chi connectivity index (χ0v) is 18.7. The van der Waals surface area contributed by atoms with Crippen molar-refractivity contribution in [3.05, 3.63) is 89.5 Å². The van der Waals surface area contributed by atoms with E-state index in [1.807, 2.05) is 35.2 Å². The van der Waals surface area contributed by atoms with E-state index in [-0.39, 0.29) is 5.91 Å². The topological polar surface area (TPSA) is 57.6 Å². The summed E-state index contributed by atoms with van der Waals surface area (Å²) >= 11 is 0. The molecule has 4 nitrogen and oxygen atoms in total. The minimum absolute atomic E-state index is 0.0597. The second kappa shape index (κ2) is 9.22. The summed E-state index contributed by atoms with van der Waals surface area (Å²) in [6, 6.07) is 24.7. The van der Waals surface area contributed by atoms with Crippen molar-refractivity contribution in [2.75, 3.05) is 11.4 Å². The molecule has 1 N–H and O–H groups in total. The number of rotatable bonds is 5. The molecule has 0 bridgehead atoms. The summed E-state index contributed by atoms with van der Waals surface area (Å²) in [5, 5.41) is 9.02. The van der Waals surface area contributed by atoms with Crippen LogP contribution in [0.4, 0.5) is 5.69 Å². The van der Waals surface area contributed by atoms with Gasteiger partial charge in [0.1, 0.15) is 0 Å².